The second kappa shape index (κ2) is 9.12. The number of rotatable bonds is 8. The van der Waals surface area contributed by atoms with Crippen molar-refractivity contribution < 1.29 is 14.3 Å². The van der Waals surface area contributed by atoms with Crippen LogP contribution in [0, 0.1) is 0 Å². The molecule has 0 atom stereocenters. The van der Waals surface area contributed by atoms with Gasteiger partial charge in [0.05, 0.1) is 6.54 Å². The van der Waals surface area contributed by atoms with Crippen molar-refractivity contribution in [3.8, 4) is 5.75 Å². The van der Waals surface area contributed by atoms with Gasteiger partial charge in [-0.3, -0.25) is 9.59 Å². The van der Waals surface area contributed by atoms with Gasteiger partial charge < -0.3 is 20.7 Å². The van der Waals surface area contributed by atoms with Crippen LogP contribution in [0.15, 0.2) is 61.2 Å². The molecule has 3 N–H and O–H groups in total. The molecular weight excluding hydrogens is 318 g/mol. The summed E-state index contributed by atoms with van der Waals surface area (Å²) in [6.07, 6.45) is 1.68. The Morgan fingerprint density at radius 2 is 1.68 bits per heavy atom. The predicted octanol–water partition coefficient (Wildman–Crippen LogP) is 2.66. The van der Waals surface area contributed by atoms with E-state index in [0.717, 1.165) is 11.4 Å². The third-order valence-electron chi connectivity index (χ3n) is 3.33. The average molecular weight is 339 g/mol. The molecule has 0 unspecified atom stereocenters. The number of hydrogen-bond donors (Lipinski definition) is 3. The van der Waals surface area contributed by atoms with Gasteiger partial charge in [-0.15, -0.1) is 0 Å². The minimum absolute atomic E-state index is 0.129. The number of ether oxygens (including phenoxy) is 1. The summed E-state index contributed by atoms with van der Waals surface area (Å²) < 4.78 is 5.40. The first-order valence-corrected chi connectivity index (χ1v) is 7.82. The van der Waals surface area contributed by atoms with Crippen molar-refractivity contribution in [3.63, 3.8) is 0 Å². The number of hydrogen-bond acceptors (Lipinski definition) is 4. The van der Waals surface area contributed by atoms with Crippen LogP contribution in [0.2, 0.25) is 0 Å². The van der Waals surface area contributed by atoms with Crippen molar-refractivity contribution in [2.75, 3.05) is 30.8 Å². The third-order valence-corrected chi connectivity index (χ3v) is 3.33. The van der Waals surface area contributed by atoms with Gasteiger partial charge in [0.2, 0.25) is 5.91 Å². The topological polar surface area (TPSA) is 79.5 Å². The van der Waals surface area contributed by atoms with Crippen LogP contribution in [0.25, 0.3) is 0 Å². The highest BCUT2D eigenvalue weighted by Gasteiger charge is 2.05. The number of anilines is 2. The van der Waals surface area contributed by atoms with E-state index < -0.39 is 0 Å². The van der Waals surface area contributed by atoms with Crippen molar-refractivity contribution in [1.29, 1.82) is 0 Å². The number of carbonyl (C=O) groups is 2. The second-order valence-electron chi connectivity index (χ2n) is 5.18. The molecule has 25 heavy (non-hydrogen) atoms. The molecule has 0 saturated heterocycles. The van der Waals surface area contributed by atoms with Crippen molar-refractivity contribution in [1.82, 2.24) is 5.32 Å². The van der Waals surface area contributed by atoms with E-state index in [1.54, 1.807) is 37.4 Å². The fraction of sp³-hybridized carbons (Fsp3) is 0.158. The van der Waals surface area contributed by atoms with Crippen molar-refractivity contribution in [3.05, 3.63) is 66.7 Å². The summed E-state index contributed by atoms with van der Waals surface area (Å²) in [5, 5.41) is 8.35. The summed E-state index contributed by atoms with van der Waals surface area (Å²) in [5.74, 6) is 0.394. The van der Waals surface area contributed by atoms with Crippen molar-refractivity contribution in [2.45, 2.75) is 0 Å². The molecule has 2 amide bonds. The molecule has 0 bridgehead atoms. The summed E-state index contributed by atoms with van der Waals surface area (Å²) in [5.41, 5.74) is 1.99. The first kappa shape index (κ1) is 18.1. The monoisotopic (exact) mass is 339 g/mol. The van der Waals surface area contributed by atoms with Gasteiger partial charge in [0.15, 0.2) is 0 Å². The number of amides is 2. The van der Waals surface area contributed by atoms with Gasteiger partial charge in [0, 0.05) is 24.0 Å². The predicted molar refractivity (Wildman–Crippen MR) is 99.1 cm³/mol. The highest BCUT2D eigenvalue weighted by atomic mass is 16.5. The van der Waals surface area contributed by atoms with Crippen molar-refractivity contribution >= 4 is 23.2 Å². The molecule has 2 aromatic rings. The maximum atomic E-state index is 12.0. The molecule has 0 aromatic heterocycles. The van der Waals surface area contributed by atoms with Crippen LogP contribution >= 0.6 is 0 Å². The first-order chi connectivity index (χ1) is 12.1. The van der Waals surface area contributed by atoms with E-state index in [4.69, 9.17) is 4.74 Å². The summed E-state index contributed by atoms with van der Waals surface area (Å²) in [6, 6.07) is 14.0. The van der Waals surface area contributed by atoms with E-state index in [9.17, 15) is 9.59 Å². The van der Waals surface area contributed by atoms with Crippen LogP contribution in [0.1, 0.15) is 10.4 Å². The minimum atomic E-state index is -0.181. The van der Waals surface area contributed by atoms with Crippen LogP contribution in [0.5, 0.6) is 5.75 Å². The van der Waals surface area contributed by atoms with Crippen LogP contribution in [-0.4, -0.2) is 32.0 Å². The van der Waals surface area contributed by atoms with Gasteiger partial charge in [-0.2, -0.15) is 0 Å². The van der Waals surface area contributed by atoms with Crippen LogP contribution in [-0.2, 0) is 4.79 Å². The van der Waals surface area contributed by atoms with Crippen molar-refractivity contribution in [2.24, 2.45) is 0 Å². The summed E-state index contributed by atoms with van der Waals surface area (Å²) in [4.78, 5) is 23.4. The summed E-state index contributed by atoms with van der Waals surface area (Å²) >= 11 is 0. The Morgan fingerprint density at radius 1 is 1.04 bits per heavy atom. The van der Waals surface area contributed by atoms with E-state index in [1.807, 2.05) is 24.3 Å². The summed E-state index contributed by atoms with van der Waals surface area (Å²) in [6.45, 7) is 4.17. The average Bonchev–Trinajstić information content (AvgIpc) is 2.65. The van der Waals surface area contributed by atoms with Gasteiger partial charge in [0.25, 0.3) is 5.91 Å². The molecule has 2 rings (SSSR count). The molecule has 0 heterocycles. The van der Waals surface area contributed by atoms with E-state index in [1.165, 1.54) is 0 Å². The zero-order valence-corrected chi connectivity index (χ0v) is 14.0. The molecule has 130 valence electrons. The van der Waals surface area contributed by atoms with Gasteiger partial charge in [0.1, 0.15) is 12.4 Å². The second-order valence-corrected chi connectivity index (χ2v) is 5.18. The van der Waals surface area contributed by atoms with Crippen LogP contribution < -0.4 is 20.7 Å². The SMILES string of the molecule is C=CCOc1ccc(NCC(=O)Nc2ccc(C(=O)NC)cc2)cc1. The molecule has 0 radical (unpaired) electrons. The lowest BCUT2D eigenvalue weighted by Gasteiger charge is -2.09. The van der Waals surface area contributed by atoms with E-state index in [-0.39, 0.29) is 18.4 Å². The number of benzene rings is 2. The molecule has 6 nitrogen and oxygen atoms in total. The van der Waals surface area contributed by atoms with Gasteiger partial charge in [-0.1, -0.05) is 12.7 Å². The highest BCUT2D eigenvalue weighted by molar-refractivity contribution is 5.96. The highest BCUT2D eigenvalue weighted by Crippen LogP contribution is 2.15. The Labute approximate surface area is 146 Å². The zero-order valence-electron chi connectivity index (χ0n) is 14.0. The van der Waals surface area contributed by atoms with E-state index in [2.05, 4.69) is 22.5 Å². The Balaban J connectivity index is 1.82. The molecule has 2 aromatic carbocycles. The van der Waals surface area contributed by atoms with E-state index in [0.29, 0.717) is 17.9 Å². The molecule has 0 spiro atoms. The normalized spacial score (nSPS) is 9.80. The summed E-state index contributed by atoms with van der Waals surface area (Å²) in [7, 11) is 1.57. The Kier molecular flexibility index (Phi) is 6.59. The number of nitrogens with one attached hydrogen (secondary N) is 3. The maximum Gasteiger partial charge on any atom is 0.251 e. The minimum Gasteiger partial charge on any atom is -0.490 e. The molecule has 0 fully saturated rings. The lowest BCUT2D eigenvalue weighted by Crippen LogP contribution is -2.22. The Bertz CT molecular complexity index is 725. The number of carbonyl (C=O) groups excluding carboxylic acids is 2. The fourth-order valence-corrected chi connectivity index (χ4v) is 2.06. The van der Waals surface area contributed by atoms with E-state index >= 15 is 0 Å². The Hall–Kier alpha value is -3.28. The van der Waals surface area contributed by atoms with Crippen LogP contribution in [0.4, 0.5) is 11.4 Å². The van der Waals surface area contributed by atoms with Gasteiger partial charge >= 0.3 is 0 Å². The molecule has 0 saturated carbocycles. The zero-order chi connectivity index (χ0) is 18.1. The maximum absolute atomic E-state index is 12.0. The quantitative estimate of drug-likeness (QED) is 0.646. The first-order valence-electron chi connectivity index (χ1n) is 7.82. The Morgan fingerprint density at radius 3 is 2.28 bits per heavy atom. The largest absolute Gasteiger partial charge is 0.490 e. The fourth-order valence-electron chi connectivity index (χ4n) is 2.06. The molecular formula is C19H21N3O3. The lowest BCUT2D eigenvalue weighted by molar-refractivity contribution is -0.114. The van der Waals surface area contributed by atoms with Gasteiger partial charge in [-0.05, 0) is 48.5 Å². The van der Waals surface area contributed by atoms with Crippen LogP contribution in [0.3, 0.4) is 0 Å². The third kappa shape index (κ3) is 5.69. The molecule has 0 aliphatic heterocycles. The molecule has 0 aliphatic carbocycles. The molecule has 6 heteroatoms. The smallest absolute Gasteiger partial charge is 0.251 e. The standard InChI is InChI=1S/C19H21N3O3/c1-3-12-25-17-10-8-15(9-11-17)21-13-18(23)22-16-6-4-14(5-7-16)19(24)20-2/h3-11,21H,1,12-13H2,2H3,(H,20,24)(H,22,23). The van der Waals surface area contributed by atoms with Gasteiger partial charge in [-0.25, -0.2) is 0 Å². The molecule has 0 aliphatic rings. The lowest BCUT2D eigenvalue weighted by atomic mass is 10.2.